The van der Waals surface area contributed by atoms with E-state index < -0.39 is 0 Å². The number of hydrogen-bond donors (Lipinski definition) is 2. The predicted octanol–water partition coefficient (Wildman–Crippen LogP) is 2.76. The van der Waals surface area contributed by atoms with Crippen LogP contribution in [-0.4, -0.2) is 30.5 Å². The van der Waals surface area contributed by atoms with E-state index in [4.69, 9.17) is 0 Å². The molecule has 21 heavy (non-hydrogen) atoms. The monoisotopic (exact) mass is 303 g/mol. The first-order valence-electron chi connectivity index (χ1n) is 7.00. The number of benzene rings is 1. The first kappa shape index (κ1) is 15.7. The van der Waals surface area contributed by atoms with Gasteiger partial charge in [-0.25, -0.2) is 4.98 Å². The van der Waals surface area contributed by atoms with Gasteiger partial charge in [-0.15, -0.1) is 11.3 Å². The minimum atomic E-state index is -0.121. The van der Waals surface area contributed by atoms with Crippen LogP contribution < -0.4 is 10.6 Å². The lowest BCUT2D eigenvalue weighted by Crippen LogP contribution is -2.37. The number of amides is 1. The number of likely N-dealkylation sites (N-methyl/N-ethyl adjacent to an activating group) is 1. The van der Waals surface area contributed by atoms with E-state index in [9.17, 15) is 4.79 Å². The third-order valence-electron chi connectivity index (χ3n) is 3.41. The number of rotatable bonds is 5. The van der Waals surface area contributed by atoms with Gasteiger partial charge in [-0.05, 0) is 33.4 Å². The molecule has 2 rings (SSSR count). The number of aryl methyl sites for hydroxylation is 2. The summed E-state index contributed by atoms with van der Waals surface area (Å²) in [5.74, 6) is -0.121. The van der Waals surface area contributed by atoms with Crippen molar-refractivity contribution >= 4 is 17.2 Å². The van der Waals surface area contributed by atoms with Gasteiger partial charge in [0.15, 0.2) is 0 Å². The molecule has 0 aliphatic heterocycles. The van der Waals surface area contributed by atoms with Crippen molar-refractivity contribution in [3.8, 4) is 10.6 Å². The van der Waals surface area contributed by atoms with Crippen molar-refractivity contribution in [1.82, 2.24) is 15.6 Å². The molecule has 0 aliphatic rings. The van der Waals surface area contributed by atoms with Crippen LogP contribution in [0.15, 0.2) is 23.6 Å². The third-order valence-corrected chi connectivity index (χ3v) is 4.29. The number of hydrogen-bond acceptors (Lipinski definition) is 4. The molecule has 0 aliphatic carbocycles. The molecule has 1 unspecified atom stereocenters. The largest absolute Gasteiger partial charge is 0.349 e. The molecule has 1 aromatic carbocycles. The number of carbonyl (C=O) groups excluding carboxylic acids is 1. The molecule has 1 atom stereocenters. The molecule has 1 heterocycles. The summed E-state index contributed by atoms with van der Waals surface area (Å²) in [6.45, 7) is 6.74. The average molecular weight is 303 g/mol. The standard InChI is InChI=1S/C16H21N3OS/c1-10-5-6-13(11(2)7-10)16-19-14(9-21-16)15(20)18-8-12(3)17-4/h5-7,9,12,17H,8H2,1-4H3,(H,18,20). The maximum absolute atomic E-state index is 12.1. The number of carbonyl (C=O) groups is 1. The molecule has 1 amide bonds. The zero-order valence-electron chi connectivity index (χ0n) is 12.9. The van der Waals surface area contributed by atoms with Gasteiger partial charge in [0.1, 0.15) is 10.7 Å². The molecule has 2 aromatic rings. The van der Waals surface area contributed by atoms with E-state index >= 15 is 0 Å². The summed E-state index contributed by atoms with van der Waals surface area (Å²) in [7, 11) is 1.87. The lowest BCUT2D eigenvalue weighted by Gasteiger charge is -2.10. The molecule has 0 saturated carbocycles. The second kappa shape index (κ2) is 6.83. The Morgan fingerprint density at radius 2 is 2.14 bits per heavy atom. The topological polar surface area (TPSA) is 54.0 Å². The maximum Gasteiger partial charge on any atom is 0.270 e. The van der Waals surface area contributed by atoms with Gasteiger partial charge in [-0.3, -0.25) is 4.79 Å². The quantitative estimate of drug-likeness (QED) is 0.893. The lowest BCUT2D eigenvalue weighted by molar-refractivity contribution is 0.0946. The minimum absolute atomic E-state index is 0.121. The van der Waals surface area contributed by atoms with Gasteiger partial charge in [0, 0.05) is 23.5 Å². The Morgan fingerprint density at radius 3 is 2.81 bits per heavy atom. The SMILES string of the molecule is CNC(C)CNC(=O)c1csc(-c2ccc(C)cc2C)n1. The van der Waals surface area contributed by atoms with Crippen LogP contribution in [-0.2, 0) is 0 Å². The first-order chi connectivity index (χ1) is 10.0. The molecule has 0 spiro atoms. The Morgan fingerprint density at radius 1 is 1.38 bits per heavy atom. The summed E-state index contributed by atoms with van der Waals surface area (Å²) in [5, 5.41) is 8.67. The van der Waals surface area contributed by atoms with E-state index in [2.05, 4.69) is 47.7 Å². The van der Waals surface area contributed by atoms with Crippen molar-refractivity contribution in [1.29, 1.82) is 0 Å². The molecule has 0 bridgehead atoms. The van der Waals surface area contributed by atoms with Crippen LogP contribution in [0.5, 0.6) is 0 Å². The molecule has 1 aromatic heterocycles. The normalized spacial score (nSPS) is 12.2. The summed E-state index contributed by atoms with van der Waals surface area (Å²) < 4.78 is 0. The average Bonchev–Trinajstić information content (AvgIpc) is 2.93. The molecule has 5 heteroatoms. The molecular formula is C16H21N3OS. The second-order valence-electron chi connectivity index (χ2n) is 5.26. The highest BCUT2D eigenvalue weighted by atomic mass is 32.1. The predicted molar refractivity (Wildman–Crippen MR) is 87.9 cm³/mol. The lowest BCUT2D eigenvalue weighted by atomic mass is 10.1. The van der Waals surface area contributed by atoms with Crippen LogP contribution in [0.3, 0.4) is 0 Å². The Labute approximate surface area is 129 Å². The van der Waals surface area contributed by atoms with E-state index in [1.165, 1.54) is 22.5 Å². The highest BCUT2D eigenvalue weighted by Crippen LogP contribution is 2.27. The van der Waals surface area contributed by atoms with Crippen molar-refractivity contribution in [3.05, 3.63) is 40.4 Å². The number of nitrogens with zero attached hydrogens (tertiary/aromatic N) is 1. The Hall–Kier alpha value is -1.72. The summed E-state index contributed by atoms with van der Waals surface area (Å²) in [4.78, 5) is 16.5. The smallest absolute Gasteiger partial charge is 0.270 e. The van der Waals surface area contributed by atoms with Crippen LogP contribution in [0.2, 0.25) is 0 Å². The van der Waals surface area contributed by atoms with E-state index in [1.807, 2.05) is 19.4 Å². The molecule has 4 nitrogen and oxygen atoms in total. The van der Waals surface area contributed by atoms with Crippen molar-refractivity contribution in [2.24, 2.45) is 0 Å². The van der Waals surface area contributed by atoms with Crippen LogP contribution in [0.1, 0.15) is 28.5 Å². The summed E-state index contributed by atoms with van der Waals surface area (Å²) in [6, 6.07) is 6.50. The Kier molecular flexibility index (Phi) is 5.09. The summed E-state index contributed by atoms with van der Waals surface area (Å²) >= 11 is 1.50. The van der Waals surface area contributed by atoms with Gasteiger partial charge >= 0.3 is 0 Å². The van der Waals surface area contributed by atoms with Gasteiger partial charge in [0.2, 0.25) is 0 Å². The van der Waals surface area contributed by atoms with Crippen LogP contribution in [0.25, 0.3) is 10.6 Å². The molecule has 0 radical (unpaired) electrons. The molecule has 2 N–H and O–H groups in total. The summed E-state index contributed by atoms with van der Waals surface area (Å²) in [5.41, 5.74) is 3.98. The Bertz CT molecular complexity index is 636. The van der Waals surface area contributed by atoms with Crippen molar-refractivity contribution in [3.63, 3.8) is 0 Å². The molecule has 0 saturated heterocycles. The van der Waals surface area contributed by atoms with E-state index in [1.54, 1.807) is 0 Å². The van der Waals surface area contributed by atoms with Gasteiger partial charge in [0.05, 0.1) is 0 Å². The fourth-order valence-electron chi connectivity index (χ4n) is 1.99. The van der Waals surface area contributed by atoms with E-state index in [-0.39, 0.29) is 11.9 Å². The third kappa shape index (κ3) is 3.89. The van der Waals surface area contributed by atoms with Crippen molar-refractivity contribution in [2.75, 3.05) is 13.6 Å². The van der Waals surface area contributed by atoms with Crippen LogP contribution in [0, 0.1) is 13.8 Å². The van der Waals surface area contributed by atoms with Crippen molar-refractivity contribution in [2.45, 2.75) is 26.8 Å². The van der Waals surface area contributed by atoms with E-state index in [0.717, 1.165) is 10.6 Å². The number of aromatic nitrogens is 1. The fourth-order valence-corrected chi connectivity index (χ4v) is 2.88. The number of thiazole rings is 1. The highest BCUT2D eigenvalue weighted by Gasteiger charge is 2.13. The zero-order chi connectivity index (χ0) is 15.4. The number of nitrogens with one attached hydrogen (secondary N) is 2. The van der Waals surface area contributed by atoms with Crippen molar-refractivity contribution < 1.29 is 4.79 Å². The minimum Gasteiger partial charge on any atom is -0.349 e. The van der Waals surface area contributed by atoms with Gasteiger partial charge in [-0.2, -0.15) is 0 Å². The van der Waals surface area contributed by atoms with Gasteiger partial charge in [-0.1, -0.05) is 23.8 Å². The summed E-state index contributed by atoms with van der Waals surface area (Å²) in [6.07, 6.45) is 0. The second-order valence-corrected chi connectivity index (χ2v) is 6.11. The van der Waals surface area contributed by atoms with Crippen LogP contribution >= 0.6 is 11.3 Å². The van der Waals surface area contributed by atoms with Gasteiger partial charge < -0.3 is 10.6 Å². The Balaban J connectivity index is 2.12. The highest BCUT2D eigenvalue weighted by molar-refractivity contribution is 7.13. The molecular weight excluding hydrogens is 282 g/mol. The fraction of sp³-hybridized carbons (Fsp3) is 0.375. The van der Waals surface area contributed by atoms with E-state index in [0.29, 0.717) is 12.2 Å². The van der Waals surface area contributed by atoms with Gasteiger partial charge in [0.25, 0.3) is 5.91 Å². The zero-order valence-corrected chi connectivity index (χ0v) is 13.7. The maximum atomic E-state index is 12.1. The first-order valence-corrected chi connectivity index (χ1v) is 7.88. The van der Waals surface area contributed by atoms with Crippen LogP contribution in [0.4, 0.5) is 0 Å². The molecule has 0 fully saturated rings. The molecule has 112 valence electrons.